The minimum absolute atomic E-state index is 0.182. The van der Waals surface area contributed by atoms with Crippen molar-refractivity contribution in [3.63, 3.8) is 0 Å². The van der Waals surface area contributed by atoms with Crippen molar-refractivity contribution in [2.24, 2.45) is 4.99 Å². The Balaban J connectivity index is 2.35. The number of hydrogen-bond acceptors (Lipinski definition) is 4. The molecule has 1 aliphatic carbocycles. The molecule has 1 aromatic heterocycles. The maximum absolute atomic E-state index is 12.5. The number of amides is 1. The van der Waals surface area contributed by atoms with Crippen LogP contribution in [0, 0.1) is 0 Å². The van der Waals surface area contributed by atoms with Gasteiger partial charge in [0.25, 0.3) is 5.91 Å². The fourth-order valence-corrected chi connectivity index (χ4v) is 2.23. The number of methoxy groups -OCH3 is 1. The fraction of sp³-hybridized carbons (Fsp3) is 0.235. The molecule has 5 nitrogen and oxygen atoms in total. The molecule has 0 spiro atoms. The summed E-state index contributed by atoms with van der Waals surface area (Å²) in [4.78, 5) is 20.7. The van der Waals surface area contributed by atoms with Gasteiger partial charge in [-0.15, -0.1) is 0 Å². The molecule has 1 aromatic rings. The summed E-state index contributed by atoms with van der Waals surface area (Å²) < 4.78 is 5.32. The maximum atomic E-state index is 12.5. The van der Waals surface area contributed by atoms with E-state index in [0.717, 1.165) is 12.0 Å². The van der Waals surface area contributed by atoms with E-state index in [4.69, 9.17) is 4.74 Å². The van der Waals surface area contributed by atoms with Gasteiger partial charge in [0, 0.05) is 36.3 Å². The van der Waals surface area contributed by atoms with E-state index in [0.29, 0.717) is 22.7 Å². The highest BCUT2D eigenvalue weighted by Crippen LogP contribution is 2.25. The van der Waals surface area contributed by atoms with Gasteiger partial charge in [-0.05, 0) is 30.7 Å². The first-order valence-electron chi connectivity index (χ1n) is 7.06. The van der Waals surface area contributed by atoms with Gasteiger partial charge in [-0.2, -0.15) is 0 Å². The van der Waals surface area contributed by atoms with E-state index in [2.05, 4.69) is 15.3 Å². The van der Waals surface area contributed by atoms with Crippen LogP contribution in [-0.2, 0) is 9.53 Å². The van der Waals surface area contributed by atoms with Crippen LogP contribution in [0.3, 0.4) is 0 Å². The Morgan fingerprint density at radius 2 is 2.09 bits per heavy atom. The van der Waals surface area contributed by atoms with Crippen LogP contribution in [-0.4, -0.2) is 30.8 Å². The van der Waals surface area contributed by atoms with Crippen molar-refractivity contribution in [1.82, 2.24) is 4.98 Å². The minimum atomic E-state index is -0.182. The van der Waals surface area contributed by atoms with E-state index in [-0.39, 0.29) is 5.91 Å². The topological polar surface area (TPSA) is 63.6 Å². The molecule has 0 saturated carbocycles. The Bertz CT molecular complexity index is 670. The molecule has 1 heterocycles. The second-order valence-electron chi connectivity index (χ2n) is 4.60. The Labute approximate surface area is 130 Å². The molecule has 1 amide bonds. The number of hydrogen-bond donors (Lipinski definition) is 1. The molecule has 22 heavy (non-hydrogen) atoms. The Hall–Kier alpha value is -2.69. The first-order valence-corrected chi connectivity index (χ1v) is 7.06. The van der Waals surface area contributed by atoms with Crippen molar-refractivity contribution in [3.05, 3.63) is 59.7 Å². The van der Waals surface area contributed by atoms with Crippen LogP contribution < -0.4 is 5.32 Å². The van der Waals surface area contributed by atoms with Crippen molar-refractivity contribution in [3.8, 4) is 0 Å². The van der Waals surface area contributed by atoms with Crippen LogP contribution in [0.15, 0.2) is 64.7 Å². The quantitative estimate of drug-likeness (QED) is 0.929. The van der Waals surface area contributed by atoms with Crippen molar-refractivity contribution < 1.29 is 9.53 Å². The molecule has 0 radical (unpaired) electrons. The number of carbonyl (C=O) groups excluding carboxylic acids is 1. The summed E-state index contributed by atoms with van der Waals surface area (Å²) >= 11 is 0. The largest absolute Gasteiger partial charge is 0.494 e. The standard InChI is InChI=1S/C17H19N3O2/c1-4-5-13-14(6-7-15(22-3)16(13)18-2)17(21)20-12-8-10-19-11-9-12/h5-11H,4H2,1-3H3,(H,19,20,21)/b13-5-,18-16?. The number of nitrogens with one attached hydrogen (secondary N) is 1. The van der Waals surface area contributed by atoms with Crippen molar-refractivity contribution in [2.75, 3.05) is 19.5 Å². The Kier molecular flexibility index (Phi) is 5.25. The normalized spacial score (nSPS) is 18.0. The SMILES string of the molecule is CC/C=C1/C(C(=O)Nc2ccncc2)=CC=C(OC)C1=NC. The average Bonchev–Trinajstić information content (AvgIpc) is 2.55. The molecular formula is C17H19N3O2. The second-order valence-corrected chi connectivity index (χ2v) is 4.60. The number of allylic oxidation sites excluding steroid dienone is 4. The summed E-state index contributed by atoms with van der Waals surface area (Å²) in [6, 6.07) is 3.49. The summed E-state index contributed by atoms with van der Waals surface area (Å²) in [6.07, 6.45) is 9.56. The van der Waals surface area contributed by atoms with Gasteiger partial charge in [0.05, 0.1) is 7.11 Å². The Morgan fingerprint density at radius 1 is 1.36 bits per heavy atom. The highest BCUT2D eigenvalue weighted by molar-refractivity contribution is 6.23. The number of nitrogens with zero attached hydrogens (tertiary/aromatic N) is 2. The van der Waals surface area contributed by atoms with E-state index < -0.39 is 0 Å². The number of pyridine rings is 1. The zero-order chi connectivity index (χ0) is 15.9. The average molecular weight is 297 g/mol. The first-order chi connectivity index (χ1) is 10.7. The molecule has 0 fully saturated rings. The number of ether oxygens (including phenoxy) is 1. The Morgan fingerprint density at radius 3 is 2.68 bits per heavy atom. The molecule has 0 aromatic carbocycles. The van der Waals surface area contributed by atoms with Gasteiger partial charge in [-0.25, -0.2) is 0 Å². The van der Waals surface area contributed by atoms with Gasteiger partial charge >= 0.3 is 0 Å². The summed E-state index contributed by atoms with van der Waals surface area (Å²) in [6.45, 7) is 2.02. The van der Waals surface area contributed by atoms with Crippen LogP contribution in [0.2, 0.25) is 0 Å². The molecule has 0 atom stereocenters. The van der Waals surface area contributed by atoms with Gasteiger partial charge in [-0.3, -0.25) is 14.8 Å². The third-order valence-corrected chi connectivity index (χ3v) is 3.21. The summed E-state index contributed by atoms with van der Waals surface area (Å²) in [5, 5.41) is 2.86. The maximum Gasteiger partial charge on any atom is 0.256 e. The first kappa shape index (κ1) is 15.7. The fourth-order valence-electron chi connectivity index (χ4n) is 2.23. The van der Waals surface area contributed by atoms with E-state index in [9.17, 15) is 4.79 Å². The van der Waals surface area contributed by atoms with Gasteiger partial charge < -0.3 is 10.1 Å². The summed E-state index contributed by atoms with van der Waals surface area (Å²) in [5.41, 5.74) is 2.75. The lowest BCUT2D eigenvalue weighted by atomic mass is 9.93. The van der Waals surface area contributed by atoms with Crippen molar-refractivity contribution in [2.45, 2.75) is 13.3 Å². The van der Waals surface area contributed by atoms with Gasteiger partial charge in [0.2, 0.25) is 0 Å². The molecule has 0 bridgehead atoms. The predicted molar refractivity (Wildman–Crippen MR) is 87.8 cm³/mol. The molecule has 0 saturated heterocycles. The second kappa shape index (κ2) is 7.36. The third-order valence-electron chi connectivity index (χ3n) is 3.21. The predicted octanol–water partition coefficient (Wildman–Crippen LogP) is 2.90. The van der Waals surface area contributed by atoms with Gasteiger partial charge in [0.15, 0.2) is 0 Å². The van der Waals surface area contributed by atoms with Gasteiger partial charge in [-0.1, -0.05) is 13.0 Å². The number of aliphatic imine (C=N–C) groups is 1. The summed E-state index contributed by atoms with van der Waals surface area (Å²) in [7, 11) is 3.28. The van der Waals surface area contributed by atoms with Crippen molar-refractivity contribution in [1.29, 1.82) is 0 Å². The van der Waals surface area contributed by atoms with Crippen LogP contribution in [0.4, 0.5) is 5.69 Å². The summed E-state index contributed by atoms with van der Waals surface area (Å²) in [5.74, 6) is 0.473. The molecule has 114 valence electrons. The zero-order valence-corrected chi connectivity index (χ0v) is 13.0. The van der Waals surface area contributed by atoms with Gasteiger partial charge in [0.1, 0.15) is 11.5 Å². The lowest BCUT2D eigenvalue weighted by Crippen LogP contribution is -2.23. The lowest BCUT2D eigenvalue weighted by molar-refractivity contribution is -0.112. The van der Waals surface area contributed by atoms with E-state index in [1.807, 2.05) is 13.0 Å². The third kappa shape index (κ3) is 3.31. The van der Waals surface area contributed by atoms with E-state index in [1.54, 1.807) is 50.8 Å². The molecule has 0 aliphatic heterocycles. The number of anilines is 1. The monoisotopic (exact) mass is 297 g/mol. The minimum Gasteiger partial charge on any atom is -0.494 e. The smallest absolute Gasteiger partial charge is 0.256 e. The number of carbonyl (C=O) groups is 1. The number of rotatable bonds is 4. The lowest BCUT2D eigenvalue weighted by Gasteiger charge is -2.19. The highest BCUT2D eigenvalue weighted by atomic mass is 16.5. The van der Waals surface area contributed by atoms with Crippen LogP contribution in [0.1, 0.15) is 13.3 Å². The van der Waals surface area contributed by atoms with Crippen LogP contribution in [0.5, 0.6) is 0 Å². The molecule has 0 unspecified atom stereocenters. The zero-order valence-electron chi connectivity index (χ0n) is 13.0. The van der Waals surface area contributed by atoms with E-state index >= 15 is 0 Å². The highest BCUT2D eigenvalue weighted by Gasteiger charge is 2.24. The molecule has 1 N–H and O–H groups in total. The van der Waals surface area contributed by atoms with Crippen LogP contribution >= 0.6 is 0 Å². The molecular weight excluding hydrogens is 278 g/mol. The molecule has 5 heteroatoms. The van der Waals surface area contributed by atoms with Crippen molar-refractivity contribution >= 4 is 17.3 Å². The number of aromatic nitrogens is 1. The van der Waals surface area contributed by atoms with E-state index in [1.165, 1.54) is 0 Å². The molecule has 2 rings (SSSR count). The molecule has 1 aliphatic rings. The van der Waals surface area contributed by atoms with Crippen LogP contribution in [0.25, 0.3) is 0 Å².